The highest BCUT2D eigenvalue weighted by Crippen LogP contribution is 2.36. The molecule has 3 N–H and O–H groups in total. The van der Waals surface area contributed by atoms with Gasteiger partial charge in [0.1, 0.15) is 17.2 Å². The Morgan fingerprint density at radius 1 is 0.562 bits per heavy atom. The summed E-state index contributed by atoms with van der Waals surface area (Å²) in [6.45, 7) is 0. The Morgan fingerprint density at radius 2 is 1.28 bits per heavy atom. The lowest BCUT2D eigenvalue weighted by Gasteiger charge is -2.13. The molecular weight excluding hydrogens is 400 g/mol. The van der Waals surface area contributed by atoms with E-state index in [9.17, 15) is 15.3 Å². The van der Waals surface area contributed by atoms with E-state index in [0.717, 1.165) is 52.6 Å². The minimum atomic E-state index is 0.100. The molecule has 4 aromatic carbocycles. The molecule has 160 valence electrons. The van der Waals surface area contributed by atoms with E-state index < -0.39 is 0 Å². The highest BCUT2D eigenvalue weighted by Gasteiger charge is 2.13. The first-order valence-electron chi connectivity index (χ1n) is 10.8. The molecule has 0 saturated heterocycles. The second-order valence-electron chi connectivity index (χ2n) is 8.24. The third-order valence-corrected chi connectivity index (χ3v) is 5.98. The van der Waals surface area contributed by atoms with Crippen LogP contribution >= 0.6 is 0 Å². The summed E-state index contributed by atoms with van der Waals surface area (Å²) in [6.07, 6.45) is 2.92. The van der Waals surface area contributed by atoms with Gasteiger partial charge >= 0.3 is 0 Å². The highest BCUT2D eigenvalue weighted by atomic mass is 16.5. The molecule has 4 heteroatoms. The molecule has 2 aliphatic heterocycles. The predicted octanol–water partition coefficient (Wildman–Crippen LogP) is 6.15. The van der Waals surface area contributed by atoms with Crippen molar-refractivity contribution in [1.82, 2.24) is 0 Å². The van der Waals surface area contributed by atoms with Gasteiger partial charge in [0.15, 0.2) is 11.5 Å². The van der Waals surface area contributed by atoms with Crippen molar-refractivity contribution >= 4 is 0 Å². The fraction of sp³-hybridized carbons (Fsp3) is 0.143. The van der Waals surface area contributed by atoms with Gasteiger partial charge in [-0.25, -0.2) is 0 Å². The number of fused-ring (bicyclic) bond motifs is 4. The zero-order valence-electron chi connectivity index (χ0n) is 17.6. The molecule has 0 fully saturated rings. The van der Waals surface area contributed by atoms with Crippen molar-refractivity contribution in [3.05, 3.63) is 101 Å². The summed E-state index contributed by atoms with van der Waals surface area (Å²) in [4.78, 5) is 0. The van der Waals surface area contributed by atoms with Crippen molar-refractivity contribution < 1.29 is 20.1 Å². The number of aryl methyl sites for hydroxylation is 4. The fourth-order valence-electron chi connectivity index (χ4n) is 4.27. The van der Waals surface area contributed by atoms with Gasteiger partial charge in [-0.05, 0) is 96.0 Å². The summed E-state index contributed by atoms with van der Waals surface area (Å²) in [7, 11) is 0. The van der Waals surface area contributed by atoms with Gasteiger partial charge in [0, 0.05) is 5.56 Å². The van der Waals surface area contributed by atoms with Crippen molar-refractivity contribution in [2.24, 2.45) is 0 Å². The number of hydrogen-bond donors (Lipinski definition) is 3. The number of benzene rings is 4. The second-order valence-corrected chi connectivity index (χ2v) is 8.24. The number of phenols is 3. The molecule has 2 aliphatic rings. The summed E-state index contributed by atoms with van der Waals surface area (Å²) < 4.78 is 6.02. The zero-order valence-corrected chi connectivity index (χ0v) is 17.6. The highest BCUT2D eigenvalue weighted by molar-refractivity contribution is 5.74. The first-order chi connectivity index (χ1) is 15.5. The number of hydrogen-bond acceptors (Lipinski definition) is 4. The average Bonchev–Trinajstić information content (AvgIpc) is 2.79. The van der Waals surface area contributed by atoms with Gasteiger partial charge in [0.25, 0.3) is 0 Å². The van der Waals surface area contributed by atoms with Crippen LogP contribution in [0.2, 0.25) is 0 Å². The summed E-state index contributed by atoms with van der Waals surface area (Å²) in [5, 5.41) is 31.2. The average molecular weight is 424 g/mol. The maximum atomic E-state index is 10.8. The standard InChI is InChI=1S/C28H24O4/c29-22-10-12-24-21(17-22)9-6-18-2-1-3-23(14-18)32-28-16-20(8-13-26(28)30)5-4-19-7-11-25(24)27(31)15-19/h1-3,7-8,10-17,29-31H,4-6,9H2. The molecule has 0 atom stereocenters. The van der Waals surface area contributed by atoms with Crippen LogP contribution in [0.3, 0.4) is 0 Å². The van der Waals surface area contributed by atoms with Crippen LogP contribution in [0.15, 0.2) is 78.9 Å². The number of rotatable bonds is 0. The normalized spacial score (nSPS) is 13.1. The van der Waals surface area contributed by atoms with Gasteiger partial charge in [-0.3, -0.25) is 0 Å². The summed E-state index contributed by atoms with van der Waals surface area (Å²) in [5.41, 5.74) is 5.79. The molecule has 0 saturated carbocycles. The molecule has 0 aliphatic carbocycles. The molecule has 0 aromatic heterocycles. The van der Waals surface area contributed by atoms with Gasteiger partial charge in [-0.1, -0.05) is 36.4 Å². The number of aromatic hydroxyl groups is 3. The lowest BCUT2D eigenvalue weighted by Crippen LogP contribution is -1.96. The smallest absolute Gasteiger partial charge is 0.169 e. The minimum Gasteiger partial charge on any atom is -0.508 e. The number of ether oxygens (including phenoxy) is 1. The molecule has 4 nitrogen and oxygen atoms in total. The largest absolute Gasteiger partial charge is 0.508 e. The zero-order chi connectivity index (χ0) is 22.1. The quantitative estimate of drug-likeness (QED) is 0.317. The lowest BCUT2D eigenvalue weighted by atomic mass is 9.93. The predicted molar refractivity (Wildman–Crippen MR) is 125 cm³/mol. The van der Waals surface area contributed by atoms with Crippen molar-refractivity contribution in [3.8, 4) is 39.9 Å². The first-order valence-corrected chi connectivity index (χ1v) is 10.8. The van der Waals surface area contributed by atoms with Crippen molar-refractivity contribution in [1.29, 1.82) is 0 Å². The molecule has 6 rings (SSSR count). The van der Waals surface area contributed by atoms with Gasteiger partial charge in [-0.15, -0.1) is 0 Å². The van der Waals surface area contributed by atoms with Crippen molar-refractivity contribution in [3.63, 3.8) is 0 Å². The van der Waals surface area contributed by atoms with Gasteiger partial charge in [0.05, 0.1) is 0 Å². The summed E-state index contributed by atoms with van der Waals surface area (Å²) in [5.74, 6) is 1.63. The fourth-order valence-corrected chi connectivity index (χ4v) is 4.27. The van der Waals surface area contributed by atoms with Gasteiger partial charge in [0.2, 0.25) is 0 Å². The molecule has 0 unspecified atom stereocenters. The Balaban J connectivity index is 1.61. The second kappa shape index (κ2) is 8.31. The van der Waals surface area contributed by atoms with E-state index in [4.69, 9.17) is 4.74 Å². The van der Waals surface area contributed by atoms with Crippen LogP contribution in [0.4, 0.5) is 0 Å². The molecule has 0 radical (unpaired) electrons. The van der Waals surface area contributed by atoms with E-state index in [1.807, 2.05) is 60.7 Å². The molecule has 32 heavy (non-hydrogen) atoms. The van der Waals surface area contributed by atoms with Crippen LogP contribution in [0.5, 0.6) is 28.7 Å². The third kappa shape index (κ3) is 4.12. The Labute approximate surface area is 187 Å². The lowest BCUT2D eigenvalue weighted by molar-refractivity contribution is 0.410. The van der Waals surface area contributed by atoms with Gasteiger partial charge in [-0.2, -0.15) is 0 Å². The maximum absolute atomic E-state index is 10.8. The minimum absolute atomic E-state index is 0.100. The van der Waals surface area contributed by atoms with Gasteiger partial charge < -0.3 is 20.1 Å². The Hall–Kier alpha value is -3.92. The topological polar surface area (TPSA) is 69.9 Å². The first kappa shape index (κ1) is 20.0. The van der Waals surface area contributed by atoms with Crippen molar-refractivity contribution in [2.75, 3.05) is 0 Å². The van der Waals surface area contributed by atoms with E-state index in [-0.39, 0.29) is 17.2 Å². The Kier molecular flexibility index (Phi) is 5.20. The summed E-state index contributed by atoms with van der Waals surface area (Å²) in [6, 6.07) is 24.3. The SMILES string of the molecule is Oc1ccc2c(c1)CCc1cccc(c1)Oc1cc(ccc1O)CCc1ccc-2c(O)c1. The van der Waals surface area contributed by atoms with E-state index in [1.54, 1.807) is 18.2 Å². The third-order valence-electron chi connectivity index (χ3n) is 5.98. The number of phenolic OH excluding ortho intramolecular Hbond substituents is 3. The molecule has 6 bridgehead atoms. The molecule has 4 aromatic rings. The van der Waals surface area contributed by atoms with E-state index >= 15 is 0 Å². The molecule has 0 spiro atoms. The summed E-state index contributed by atoms with van der Waals surface area (Å²) >= 11 is 0. The molecule has 2 heterocycles. The van der Waals surface area contributed by atoms with E-state index in [1.165, 1.54) is 0 Å². The van der Waals surface area contributed by atoms with Crippen LogP contribution in [0.1, 0.15) is 22.3 Å². The molecular formula is C28H24O4. The van der Waals surface area contributed by atoms with Crippen LogP contribution in [-0.2, 0) is 25.7 Å². The van der Waals surface area contributed by atoms with Crippen molar-refractivity contribution in [2.45, 2.75) is 25.7 Å². The Bertz CT molecular complexity index is 1290. The van der Waals surface area contributed by atoms with E-state index in [2.05, 4.69) is 0 Å². The van der Waals surface area contributed by atoms with E-state index in [0.29, 0.717) is 17.9 Å². The maximum Gasteiger partial charge on any atom is 0.169 e. The monoisotopic (exact) mass is 424 g/mol. The Morgan fingerprint density at radius 3 is 2.12 bits per heavy atom. The van der Waals surface area contributed by atoms with Crippen LogP contribution in [-0.4, -0.2) is 15.3 Å². The van der Waals surface area contributed by atoms with Crippen LogP contribution in [0.25, 0.3) is 11.1 Å². The van der Waals surface area contributed by atoms with Crippen LogP contribution < -0.4 is 4.74 Å². The molecule has 0 amide bonds. The van der Waals surface area contributed by atoms with Crippen LogP contribution in [0, 0.1) is 0 Å².